The van der Waals surface area contributed by atoms with E-state index in [1.807, 2.05) is 0 Å². The zero-order valence-electron chi connectivity index (χ0n) is 11.0. The van der Waals surface area contributed by atoms with Crippen LogP contribution < -0.4 is 0 Å². The maximum atomic E-state index is 9.63. The minimum atomic E-state index is -0.0677. The third-order valence-electron chi connectivity index (χ3n) is 3.55. The van der Waals surface area contributed by atoms with Gasteiger partial charge >= 0.3 is 0 Å². The molecule has 0 bridgehead atoms. The van der Waals surface area contributed by atoms with Crippen LogP contribution in [-0.4, -0.2) is 60.3 Å². The van der Waals surface area contributed by atoms with Crippen molar-refractivity contribution < 1.29 is 5.11 Å². The summed E-state index contributed by atoms with van der Waals surface area (Å²) >= 11 is 0. The van der Waals surface area contributed by atoms with Gasteiger partial charge in [0.1, 0.15) is 0 Å². The lowest BCUT2D eigenvalue weighted by atomic mass is 10.1. The third kappa shape index (κ3) is 5.28. The largest absolute Gasteiger partial charge is 0.393 e. The van der Waals surface area contributed by atoms with Crippen molar-refractivity contribution >= 4 is 0 Å². The zero-order chi connectivity index (χ0) is 11.8. The molecule has 0 spiro atoms. The summed E-state index contributed by atoms with van der Waals surface area (Å²) in [6.07, 6.45) is 4.11. The minimum Gasteiger partial charge on any atom is -0.393 e. The van der Waals surface area contributed by atoms with Gasteiger partial charge in [-0.05, 0) is 32.4 Å². The predicted molar refractivity (Wildman–Crippen MR) is 68.7 cm³/mol. The Hall–Kier alpha value is -0.120. The summed E-state index contributed by atoms with van der Waals surface area (Å²) in [5.41, 5.74) is 0. The van der Waals surface area contributed by atoms with Gasteiger partial charge in [0.25, 0.3) is 0 Å². The fourth-order valence-corrected chi connectivity index (χ4v) is 2.36. The molecule has 0 aliphatic carbocycles. The van der Waals surface area contributed by atoms with Gasteiger partial charge in [0, 0.05) is 26.2 Å². The van der Waals surface area contributed by atoms with Crippen LogP contribution >= 0.6 is 0 Å². The van der Waals surface area contributed by atoms with E-state index in [1.165, 1.54) is 39.3 Å². The summed E-state index contributed by atoms with van der Waals surface area (Å²) in [6.45, 7) is 11.6. The van der Waals surface area contributed by atoms with Crippen molar-refractivity contribution in [2.24, 2.45) is 0 Å². The van der Waals surface area contributed by atoms with Crippen molar-refractivity contribution in [3.8, 4) is 0 Å². The van der Waals surface area contributed by atoms with Gasteiger partial charge in [-0.15, -0.1) is 0 Å². The van der Waals surface area contributed by atoms with Crippen molar-refractivity contribution in [3.63, 3.8) is 0 Å². The highest BCUT2D eigenvalue weighted by Gasteiger charge is 2.14. The molecule has 1 atom stereocenters. The van der Waals surface area contributed by atoms with Gasteiger partial charge in [-0.2, -0.15) is 0 Å². The first-order valence-electron chi connectivity index (χ1n) is 6.89. The molecule has 1 rings (SSSR count). The SMILES string of the molecule is CCCC(O)CCCN1CCN(CC)CC1. The first-order chi connectivity index (χ1) is 7.76. The highest BCUT2D eigenvalue weighted by Crippen LogP contribution is 2.07. The molecule has 0 amide bonds. The average molecular weight is 228 g/mol. The molecule has 1 N–H and O–H groups in total. The van der Waals surface area contributed by atoms with Crippen molar-refractivity contribution in [3.05, 3.63) is 0 Å². The molecule has 1 aliphatic heterocycles. The molecule has 3 heteroatoms. The van der Waals surface area contributed by atoms with E-state index >= 15 is 0 Å². The summed E-state index contributed by atoms with van der Waals surface area (Å²) in [7, 11) is 0. The lowest BCUT2D eigenvalue weighted by Crippen LogP contribution is -2.46. The topological polar surface area (TPSA) is 26.7 Å². The molecule has 96 valence electrons. The van der Waals surface area contributed by atoms with E-state index in [4.69, 9.17) is 0 Å². The molecule has 0 radical (unpaired) electrons. The molecule has 1 aliphatic rings. The van der Waals surface area contributed by atoms with Gasteiger partial charge in [-0.1, -0.05) is 20.3 Å². The van der Waals surface area contributed by atoms with Gasteiger partial charge in [0.15, 0.2) is 0 Å². The second kappa shape index (κ2) is 8.04. The molecule has 1 heterocycles. The Morgan fingerprint density at radius 3 is 2.19 bits per heavy atom. The lowest BCUT2D eigenvalue weighted by Gasteiger charge is -2.34. The molecule has 1 unspecified atom stereocenters. The fraction of sp³-hybridized carbons (Fsp3) is 1.00. The Labute approximate surface area is 100 Å². The molecule has 1 fully saturated rings. The maximum absolute atomic E-state index is 9.63. The standard InChI is InChI=1S/C13H28N2O/c1-3-6-13(16)7-5-8-15-11-9-14(4-2)10-12-15/h13,16H,3-12H2,1-2H3. The van der Waals surface area contributed by atoms with Crippen LogP contribution in [0.1, 0.15) is 39.5 Å². The third-order valence-corrected chi connectivity index (χ3v) is 3.55. The van der Waals surface area contributed by atoms with Crippen LogP contribution in [0.15, 0.2) is 0 Å². The first kappa shape index (κ1) is 13.9. The number of aliphatic hydroxyl groups is 1. The van der Waals surface area contributed by atoms with Gasteiger partial charge < -0.3 is 14.9 Å². The Bertz CT molecular complexity index is 167. The summed E-state index contributed by atoms with van der Waals surface area (Å²) in [5.74, 6) is 0. The predicted octanol–water partition coefficient (Wildman–Crippen LogP) is 1.57. The maximum Gasteiger partial charge on any atom is 0.0540 e. The van der Waals surface area contributed by atoms with E-state index in [9.17, 15) is 5.11 Å². The molecule has 0 aromatic carbocycles. The number of nitrogens with zero attached hydrogens (tertiary/aromatic N) is 2. The van der Waals surface area contributed by atoms with E-state index < -0.39 is 0 Å². The van der Waals surface area contributed by atoms with Crippen LogP contribution in [0.2, 0.25) is 0 Å². The average Bonchev–Trinajstić information content (AvgIpc) is 2.30. The second-order valence-corrected chi connectivity index (χ2v) is 4.86. The van der Waals surface area contributed by atoms with Crippen LogP contribution in [0, 0.1) is 0 Å². The van der Waals surface area contributed by atoms with Gasteiger partial charge in [0.2, 0.25) is 0 Å². The van der Waals surface area contributed by atoms with E-state index in [1.54, 1.807) is 0 Å². The first-order valence-corrected chi connectivity index (χ1v) is 6.89. The molecule has 3 nitrogen and oxygen atoms in total. The summed E-state index contributed by atoms with van der Waals surface area (Å²) in [4.78, 5) is 5.03. The quantitative estimate of drug-likeness (QED) is 0.716. The van der Waals surface area contributed by atoms with Crippen LogP contribution in [0.25, 0.3) is 0 Å². The van der Waals surface area contributed by atoms with Crippen LogP contribution in [-0.2, 0) is 0 Å². The second-order valence-electron chi connectivity index (χ2n) is 4.86. The molecule has 0 aromatic rings. The molecule has 16 heavy (non-hydrogen) atoms. The van der Waals surface area contributed by atoms with E-state index in [0.29, 0.717) is 0 Å². The summed E-state index contributed by atoms with van der Waals surface area (Å²) < 4.78 is 0. The zero-order valence-corrected chi connectivity index (χ0v) is 11.0. The Morgan fingerprint density at radius 2 is 1.62 bits per heavy atom. The van der Waals surface area contributed by atoms with Crippen molar-refractivity contribution in [1.82, 2.24) is 9.80 Å². The monoisotopic (exact) mass is 228 g/mol. The molecule has 1 saturated heterocycles. The number of likely N-dealkylation sites (N-methyl/N-ethyl adjacent to an activating group) is 1. The van der Waals surface area contributed by atoms with Crippen LogP contribution in [0.5, 0.6) is 0 Å². The summed E-state index contributed by atoms with van der Waals surface area (Å²) in [6, 6.07) is 0. The molecular weight excluding hydrogens is 200 g/mol. The number of aliphatic hydroxyl groups excluding tert-OH is 1. The number of hydrogen-bond donors (Lipinski definition) is 1. The van der Waals surface area contributed by atoms with E-state index in [2.05, 4.69) is 23.6 Å². The summed E-state index contributed by atoms with van der Waals surface area (Å²) in [5, 5.41) is 9.63. The van der Waals surface area contributed by atoms with Gasteiger partial charge in [0.05, 0.1) is 6.10 Å². The Kier molecular flexibility index (Phi) is 7.01. The molecule has 0 aromatic heterocycles. The van der Waals surface area contributed by atoms with Crippen molar-refractivity contribution in [2.75, 3.05) is 39.3 Å². The molecular formula is C13H28N2O. The molecule has 0 saturated carbocycles. The highest BCUT2D eigenvalue weighted by molar-refractivity contribution is 4.71. The fourth-order valence-electron chi connectivity index (χ4n) is 2.36. The van der Waals surface area contributed by atoms with Gasteiger partial charge in [-0.3, -0.25) is 0 Å². The minimum absolute atomic E-state index is 0.0677. The number of hydrogen-bond acceptors (Lipinski definition) is 3. The Balaban J connectivity index is 2.02. The lowest BCUT2D eigenvalue weighted by molar-refractivity contribution is 0.118. The van der Waals surface area contributed by atoms with Crippen molar-refractivity contribution in [1.29, 1.82) is 0 Å². The van der Waals surface area contributed by atoms with Crippen LogP contribution in [0.3, 0.4) is 0 Å². The van der Waals surface area contributed by atoms with E-state index in [-0.39, 0.29) is 6.10 Å². The number of rotatable bonds is 7. The smallest absolute Gasteiger partial charge is 0.0540 e. The highest BCUT2D eigenvalue weighted by atomic mass is 16.3. The van der Waals surface area contributed by atoms with Crippen LogP contribution in [0.4, 0.5) is 0 Å². The van der Waals surface area contributed by atoms with E-state index in [0.717, 1.165) is 25.7 Å². The van der Waals surface area contributed by atoms with Crippen molar-refractivity contribution in [2.45, 2.75) is 45.6 Å². The normalized spacial score (nSPS) is 21.2. The van der Waals surface area contributed by atoms with Gasteiger partial charge in [-0.25, -0.2) is 0 Å². The number of piperazine rings is 1. The Morgan fingerprint density at radius 1 is 1.00 bits per heavy atom.